The second kappa shape index (κ2) is 6.83. The highest BCUT2D eigenvalue weighted by atomic mass is 16.5. The number of carbonyl (C=O) groups excluding carboxylic acids is 1. The van der Waals surface area contributed by atoms with E-state index < -0.39 is 0 Å². The summed E-state index contributed by atoms with van der Waals surface area (Å²) in [5.41, 5.74) is 0. The Morgan fingerprint density at radius 3 is 2.80 bits per heavy atom. The maximum atomic E-state index is 11.4. The molecule has 0 spiro atoms. The molecule has 1 saturated carbocycles. The van der Waals surface area contributed by atoms with E-state index in [4.69, 9.17) is 4.74 Å². The predicted octanol–water partition coefficient (Wildman–Crippen LogP) is 2.11. The Balaban J connectivity index is 1.97. The van der Waals surface area contributed by atoms with Gasteiger partial charge in [0.25, 0.3) is 0 Å². The summed E-state index contributed by atoms with van der Waals surface area (Å²) in [6.45, 7) is 5.56. The van der Waals surface area contributed by atoms with Gasteiger partial charge in [0.1, 0.15) is 0 Å². The van der Waals surface area contributed by atoms with Crippen molar-refractivity contribution in [2.45, 2.75) is 52.0 Å². The Labute approximate surface area is 92.6 Å². The summed E-state index contributed by atoms with van der Waals surface area (Å²) in [4.78, 5) is 11.4. The molecule has 0 aromatic carbocycles. The summed E-state index contributed by atoms with van der Waals surface area (Å²) in [6.07, 6.45) is 5.55. The van der Waals surface area contributed by atoms with Gasteiger partial charge in [0, 0.05) is 6.04 Å². The summed E-state index contributed by atoms with van der Waals surface area (Å²) in [5.74, 6) is 0.756. The number of carbonyl (C=O) groups is 1. The van der Waals surface area contributed by atoms with E-state index in [1.165, 1.54) is 19.3 Å². The predicted molar refractivity (Wildman–Crippen MR) is 60.7 cm³/mol. The van der Waals surface area contributed by atoms with Crippen LogP contribution in [0.3, 0.4) is 0 Å². The molecule has 1 rings (SSSR count). The number of hydrogen-bond acceptors (Lipinski definition) is 3. The van der Waals surface area contributed by atoms with Crippen LogP contribution in [-0.4, -0.2) is 25.2 Å². The average molecular weight is 213 g/mol. The molecule has 1 fully saturated rings. The molecule has 15 heavy (non-hydrogen) atoms. The molecule has 3 nitrogen and oxygen atoms in total. The zero-order valence-corrected chi connectivity index (χ0v) is 9.92. The number of nitrogens with one attached hydrogen (secondary N) is 1. The smallest absolute Gasteiger partial charge is 0.307 e. The van der Waals surface area contributed by atoms with Crippen LogP contribution in [0.2, 0.25) is 0 Å². The third-order valence-electron chi connectivity index (χ3n) is 3.04. The molecule has 1 aliphatic rings. The minimum absolute atomic E-state index is 0.0669. The monoisotopic (exact) mass is 213 g/mol. The van der Waals surface area contributed by atoms with E-state index in [0.717, 1.165) is 18.9 Å². The molecule has 0 aromatic rings. The van der Waals surface area contributed by atoms with Crippen LogP contribution in [0, 0.1) is 5.92 Å². The van der Waals surface area contributed by atoms with Crippen molar-refractivity contribution >= 4 is 5.97 Å². The van der Waals surface area contributed by atoms with E-state index >= 15 is 0 Å². The van der Waals surface area contributed by atoms with Crippen LogP contribution in [0.25, 0.3) is 0 Å². The lowest BCUT2D eigenvalue weighted by atomic mass is 9.83. The first-order valence-electron chi connectivity index (χ1n) is 6.11. The van der Waals surface area contributed by atoms with Crippen LogP contribution >= 0.6 is 0 Å². The Morgan fingerprint density at radius 2 is 2.27 bits per heavy atom. The summed E-state index contributed by atoms with van der Waals surface area (Å²) in [5, 5.41) is 3.20. The van der Waals surface area contributed by atoms with Crippen LogP contribution < -0.4 is 5.32 Å². The second-order valence-electron chi connectivity index (χ2n) is 4.47. The molecule has 3 heteroatoms. The van der Waals surface area contributed by atoms with Gasteiger partial charge in [-0.1, -0.05) is 26.2 Å². The average Bonchev–Trinajstić information content (AvgIpc) is 2.09. The van der Waals surface area contributed by atoms with Crippen LogP contribution in [0.1, 0.15) is 46.0 Å². The van der Waals surface area contributed by atoms with Gasteiger partial charge in [-0.05, 0) is 25.8 Å². The minimum atomic E-state index is -0.0669. The van der Waals surface area contributed by atoms with Gasteiger partial charge in [-0.2, -0.15) is 0 Å². The molecule has 0 radical (unpaired) electrons. The molecule has 0 heterocycles. The quantitative estimate of drug-likeness (QED) is 0.658. The van der Waals surface area contributed by atoms with Crippen molar-refractivity contribution in [2.75, 3.05) is 13.2 Å². The van der Waals surface area contributed by atoms with Gasteiger partial charge in [-0.25, -0.2) is 0 Å². The van der Waals surface area contributed by atoms with Crippen molar-refractivity contribution in [1.29, 1.82) is 0 Å². The highest BCUT2D eigenvalue weighted by Crippen LogP contribution is 2.29. The van der Waals surface area contributed by atoms with Gasteiger partial charge in [0.15, 0.2) is 0 Å². The van der Waals surface area contributed by atoms with E-state index in [-0.39, 0.29) is 12.0 Å². The summed E-state index contributed by atoms with van der Waals surface area (Å²) >= 11 is 0. The molecular formula is C12H23NO2. The van der Waals surface area contributed by atoms with Gasteiger partial charge >= 0.3 is 5.97 Å². The Morgan fingerprint density at radius 1 is 1.53 bits per heavy atom. The molecule has 0 aromatic heterocycles. The fourth-order valence-electron chi connectivity index (χ4n) is 1.85. The van der Waals surface area contributed by atoms with Crippen molar-refractivity contribution in [3.05, 3.63) is 0 Å². The zero-order chi connectivity index (χ0) is 11.1. The van der Waals surface area contributed by atoms with Crippen LogP contribution in [0.15, 0.2) is 0 Å². The molecule has 0 aliphatic heterocycles. The zero-order valence-electron chi connectivity index (χ0n) is 9.92. The summed E-state index contributed by atoms with van der Waals surface area (Å²) in [6, 6.07) is 0.228. The number of hydrogen-bond donors (Lipinski definition) is 1. The van der Waals surface area contributed by atoms with Gasteiger partial charge in [-0.15, -0.1) is 0 Å². The van der Waals surface area contributed by atoms with Gasteiger partial charge in [0.2, 0.25) is 0 Å². The molecule has 88 valence electrons. The number of ether oxygens (including phenoxy) is 1. The second-order valence-corrected chi connectivity index (χ2v) is 4.47. The highest BCUT2D eigenvalue weighted by Gasteiger charge is 2.17. The first-order valence-corrected chi connectivity index (χ1v) is 6.11. The first kappa shape index (κ1) is 12.5. The summed E-state index contributed by atoms with van der Waals surface area (Å²) < 4.78 is 5.19. The molecule has 1 unspecified atom stereocenters. The van der Waals surface area contributed by atoms with Gasteiger partial charge in [0.05, 0.1) is 13.0 Å². The fourth-order valence-corrected chi connectivity index (χ4v) is 1.85. The third kappa shape index (κ3) is 5.17. The molecule has 1 N–H and O–H groups in total. The Bertz CT molecular complexity index is 190. The SMILES string of the molecule is CCNC(C)CC(=O)OCCC1CCC1. The third-order valence-corrected chi connectivity index (χ3v) is 3.04. The number of rotatable bonds is 7. The van der Waals surface area contributed by atoms with Crippen molar-refractivity contribution in [3.63, 3.8) is 0 Å². The van der Waals surface area contributed by atoms with Crippen LogP contribution in [0.4, 0.5) is 0 Å². The van der Waals surface area contributed by atoms with E-state index in [1.54, 1.807) is 0 Å². The van der Waals surface area contributed by atoms with Crippen LogP contribution in [-0.2, 0) is 9.53 Å². The van der Waals surface area contributed by atoms with E-state index in [0.29, 0.717) is 13.0 Å². The van der Waals surface area contributed by atoms with Gasteiger partial charge < -0.3 is 10.1 Å². The van der Waals surface area contributed by atoms with Crippen molar-refractivity contribution in [2.24, 2.45) is 5.92 Å². The summed E-state index contributed by atoms with van der Waals surface area (Å²) in [7, 11) is 0. The standard InChI is InChI=1S/C12H23NO2/c1-3-13-10(2)9-12(14)15-8-7-11-5-4-6-11/h10-11,13H,3-9H2,1-2H3. The maximum Gasteiger partial charge on any atom is 0.307 e. The minimum Gasteiger partial charge on any atom is -0.466 e. The molecule has 1 aliphatic carbocycles. The van der Waals surface area contributed by atoms with Crippen molar-refractivity contribution in [3.8, 4) is 0 Å². The van der Waals surface area contributed by atoms with Crippen molar-refractivity contribution < 1.29 is 9.53 Å². The van der Waals surface area contributed by atoms with E-state index in [2.05, 4.69) is 5.32 Å². The molecule has 0 saturated heterocycles. The maximum absolute atomic E-state index is 11.4. The topological polar surface area (TPSA) is 38.3 Å². The largest absolute Gasteiger partial charge is 0.466 e. The Kier molecular flexibility index (Phi) is 5.69. The lowest BCUT2D eigenvalue weighted by Crippen LogP contribution is -2.29. The van der Waals surface area contributed by atoms with Crippen molar-refractivity contribution in [1.82, 2.24) is 5.32 Å². The van der Waals surface area contributed by atoms with Crippen LogP contribution in [0.5, 0.6) is 0 Å². The molecule has 0 amide bonds. The highest BCUT2D eigenvalue weighted by molar-refractivity contribution is 5.70. The van der Waals surface area contributed by atoms with E-state index in [9.17, 15) is 4.79 Å². The normalized spacial score (nSPS) is 18.3. The Hall–Kier alpha value is -0.570. The van der Waals surface area contributed by atoms with E-state index in [1.807, 2.05) is 13.8 Å². The lowest BCUT2D eigenvalue weighted by Gasteiger charge is -2.24. The van der Waals surface area contributed by atoms with Gasteiger partial charge in [-0.3, -0.25) is 4.79 Å². The lowest BCUT2D eigenvalue weighted by molar-refractivity contribution is -0.144. The number of esters is 1. The molecular weight excluding hydrogens is 190 g/mol. The fraction of sp³-hybridized carbons (Fsp3) is 0.917. The molecule has 1 atom stereocenters. The molecule has 0 bridgehead atoms. The first-order chi connectivity index (χ1) is 7.22.